The number of amides is 3. The summed E-state index contributed by atoms with van der Waals surface area (Å²) < 4.78 is 39.5. The molecular weight excluding hydrogens is 579 g/mol. The van der Waals surface area contributed by atoms with E-state index in [0.29, 0.717) is 28.2 Å². The van der Waals surface area contributed by atoms with Crippen molar-refractivity contribution in [1.82, 2.24) is 14.5 Å². The summed E-state index contributed by atoms with van der Waals surface area (Å²) in [5, 5.41) is 22.5. The van der Waals surface area contributed by atoms with Gasteiger partial charge in [-0.2, -0.15) is 13.2 Å². The molecule has 0 saturated heterocycles. The summed E-state index contributed by atoms with van der Waals surface area (Å²) in [6.07, 6.45) is -1.65. The molecule has 0 radical (unpaired) electrons. The first kappa shape index (κ1) is 33.6. The highest BCUT2D eigenvalue weighted by Gasteiger charge is 2.38. The Morgan fingerprint density at radius 2 is 1.33 bits per heavy atom. The van der Waals surface area contributed by atoms with Gasteiger partial charge in [0.15, 0.2) is 0 Å². The van der Waals surface area contributed by atoms with Gasteiger partial charge < -0.3 is 40.7 Å². The molecule has 0 spiro atoms. The van der Waals surface area contributed by atoms with Crippen molar-refractivity contribution >= 4 is 46.9 Å². The Morgan fingerprint density at radius 3 is 1.77 bits per heavy atom. The van der Waals surface area contributed by atoms with Gasteiger partial charge in [-0.25, -0.2) is 9.59 Å². The van der Waals surface area contributed by atoms with E-state index in [1.807, 2.05) is 0 Å². The van der Waals surface area contributed by atoms with Crippen LogP contribution in [-0.2, 0) is 23.6 Å². The van der Waals surface area contributed by atoms with Crippen molar-refractivity contribution in [3.05, 3.63) is 71.3 Å². The number of nitrogens with zero attached hydrogens (tertiary/aromatic N) is 2. The summed E-state index contributed by atoms with van der Waals surface area (Å²) in [6, 6.07) is 9.03. The largest absolute Gasteiger partial charge is 0.490 e. The molecule has 0 saturated carbocycles. The zero-order chi connectivity index (χ0) is 32.5. The van der Waals surface area contributed by atoms with Crippen molar-refractivity contribution in [3.63, 3.8) is 0 Å². The van der Waals surface area contributed by atoms with Gasteiger partial charge in [0.05, 0.1) is 29.9 Å². The first-order valence-corrected chi connectivity index (χ1v) is 12.1. The number of halogens is 3. The number of benzene rings is 1. The number of nitrogens with one attached hydrogen (secondary N) is 4. The molecule has 1 aromatic carbocycles. The quantitative estimate of drug-likeness (QED) is 0.120. The van der Waals surface area contributed by atoms with E-state index in [0.717, 1.165) is 0 Å². The highest BCUT2D eigenvalue weighted by molar-refractivity contribution is 6.07. The Balaban J connectivity index is 0.000000821. The summed E-state index contributed by atoms with van der Waals surface area (Å²) in [6.45, 7) is 0.230. The third-order valence-corrected chi connectivity index (χ3v) is 5.48. The molecule has 3 rings (SSSR count). The molecule has 17 heteroatoms. The molecule has 0 fully saturated rings. The molecule has 2 aromatic heterocycles. The lowest BCUT2D eigenvalue weighted by Gasteiger charge is -2.04. The SMILES string of the molecule is COC(=O)c1ccc(C(=O)Nc2cc(C(=O)Nc3cc(C(=O)NCCC(=N)N)n(C)c3)n(C)c2)cc1.O=C(O)C(F)(F)F. The number of esters is 1. The molecule has 14 nitrogen and oxygen atoms in total. The summed E-state index contributed by atoms with van der Waals surface area (Å²) in [5.74, 6) is -4.48. The Bertz CT molecular complexity index is 1530. The number of carboxylic acids is 1. The average molecular weight is 608 g/mol. The van der Waals surface area contributed by atoms with Gasteiger partial charge >= 0.3 is 18.1 Å². The lowest BCUT2D eigenvalue weighted by molar-refractivity contribution is -0.192. The second kappa shape index (κ2) is 14.3. The van der Waals surface area contributed by atoms with Crippen molar-refractivity contribution in [2.45, 2.75) is 12.6 Å². The molecule has 230 valence electrons. The molecule has 7 N–H and O–H groups in total. The van der Waals surface area contributed by atoms with E-state index in [4.69, 9.17) is 21.0 Å². The van der Waals surface area contributed by atoms with Crippen LogP contribution in [0.4, 0.5) is 24.5 Å². The molecule has 3 aromatic rings. The molecule has 0 aliphatic carbocycles. The van der Waals surface area contributed by atoms with Gasteiger partial charge in [-0.3, -0.25) is 19.8 Å². The van der Waals surface area contributed by atoms with E-state index in [2.05, 4.69) is 20.7 Å². The predicted molar refractivity (Wildman–Crippen MR) is 147 cm³/mol. The third-order valence-electron chi connectivity index (χ3n) is 5.48. The molecule has 2 heterocycles. The molecule has 0 unspecified atom stereocenters. The van der Waals surface area contributed by atoms with Gasteiger partial charge in [-0.05, 0) is 36.4 Å². The monoisotopic (exact) mass is 607 g/mol. The number of carbonyl (C=O) groups excluding carboxylic acids is 4. The fourth-order valence-corrected chi connectivity index (χ4v) is 3.39. The van der Waals surface area contributed by atoms with E-state index in [9.17, 15) is 32.3 Å². The topological polar surface area (TPSA) is 211 Å². The third kappa shape index (κ3) is 9.76. The number of aromatic nitrogens is 2. The van der Waals surface area contributed by atoms with Gasteiger partial charge in [-0.15, -0.1) is 0 Å². The van der Waals surface area contributed by atoms with E-state index in [1.54, 1.807) is 35.6 Å². The number of hydrogen-bond donors (Lipinski definition) is 6. The highest BCUT2D eigenvalue weighted by Crippen LogP contribution is 2.18. The molecular formula is C26H28F3N7O7. The van der Waals surface area contributed by atoms with E-state index < -0.39 is 29.9 Å². The summed E-state index contributed by atoms with van der Waals surface area (Å²) in [7, 11) is 4.61. The van der Waals surface area contributed by atoms with Gasteiger partial charge in [0.1, 0.15) is 11.4 Å². The Morgan fingerprint density at radius 1 is 0.884 bits per heavy atom. The number of aryl methyl sites for hydroxylation is 2. The smallest absolute Gasteiger partial charge is 0.475 e. The maximum absolute atomic E-state index is 12.8. The van der Waals surface area contributed by atoms with Gasteiger partial charge in [0.2, 0.25) is 0 Å². The fraction of sp³-hybridized carbons (Fsp3) is 0.231. The van der Waals surface area contributed by atoms with Crippen LogP contribution in [0.2, 0.25) is 0 Å². The van der Waals surface area contributed by atoms with Crippen LogP contribution in [0.1, 0.15) is 48.1 Å². The molecule has 43 heavy (non-hydrogen) atoms. The number of amidine groups is 1. The van der Waals surface area contributed by atoms with E-state index in [1.165, 1.54) is 43.5 Å². The van der Waals surface area contributed by atoms with Crippen LogP contribution >= 0.6 is 0 Å². The number of alkyl halides is 3. The lowest BCUT2D eigenvalue weighted by Crippen LogP contribution is -2.28. The first-order chi connectivity index (χ1) is 20.0. The number of methoxy groups -OCH3 is 1. The van der Waals surface area contributed by atoms with Crippen LogP contribution in [0.3, 0.4) is 0 Å². The van der Waals surface area contributed by atoms with Crippen molar-refractivity contribution in [2.24, 2.45) is 19.8 Å². The maximum atomic E-state index is 12.8. The van der Waals surface area contributed by atoms with Crippen LogP contribution < -0.4 is 21.7 Å². The first-order valence-electron chi connectivity index (χ1n) is 12.1. The van der Waals surface area contributed by atoms with Crippen molar-refractivity contribution in [3.8, 4) is 0 Å². The second-order valence-electron chi connectivity index (χ2n) is 8.76. The van der Waals surface area contributed by atoms with E-state index >= 15 is 0 Å². The lowest BCUT2D eigenvalue weighted by atomic mass is 10.1. The molecule has 0 atom stereocenters. The number of carbonyl (C=O) groups is 5. The fourth-order valence-electron chi connectivity index (χ4n) is 3.39. The normalized spacial score (nSPS) is 10.6. The van der Waals surface area contributed by atoms with Crippen LogP contribution in [0, 0.1) is 5.41 Å². The minimum absolute atomic E-state index is 0.0234. The van der Waals surface area contributed by atoms with Crippen LogP contribution in [0.25, 0.3) is 0 Å². The van der Waals surface area contributed by atoms with Crippen molar-refractivity contribution < 1.29 is 47.0 Å². The van der Waals surface area contributed by atoms with Crippen molar-refractivity contribution in [1.29, 1.82) is 5.41 Å². The van der Waals surface area contributed by atoms with Gasteiger partial charge in [0, 0.05) is 45.0 Å². The summed E-state index contributed by atoms with van der Waals surface area (Å²) in [5.41, 5.74) is 7.37. The summed E-state index contributed by atoms with van der Waals surface area (Å²) >= 11 is 0. The average Bonchev–Trinajstić information content (AvgIpc) is 3.48. The molecule has 0 aliphatic heterocycles. The number of nitrogens with two attached hydrogens (primary N) is 1. The Labute approximate surface area is 242 Å². The minimum Gasteiger partial charge on any atom is -0.475 e. The molecule has 0 bridgehead atoms. The van der Waals surface area contributed by atoms with Crippen molar-refractivity contribution in [2.75, 3.05) is 24.3 Å². The number of rotatable bonds is 9. The number of carboxylic acid groups (broad SMARTS) is 1. The van der Waals surface area contributed by atoms with Crippen LogP contribution in [0.5, 0.6) is 0 Å². The summed E-state index contributed by atoms with van der Waals surface area (Å²) in [4.78, 5) is 58.2. The Hall–Kier alpha value is -5.61. The van der Waals surface area contributed by atoms with Crippen LogP contribution in [0.15, 0.2) is 48.8 Å². The number of hydrogen-bond acceptors (Lipinski definition) is 7. The van der Waals surface area contributed by atoms with Crippen LogP contribution in [-0.4, -0.2) is 69.6 Å². The maximum Gasteiger partial charge on any atom is 0.490 e. The molecule has 3 amide bonds. The predicted octanol–water partition coefficient (Wildman–Crippen LogP) is 2.34. The highest BCUT2D eigenvalue weighted by atomic mass is 19.4. The number of anilines is 2. The van der Waals surface area contributed by atoms with E-state index in [-0.39, 0.29) is 30.4 Å². The Kier molecular flexibility index (Phi) is 11.2. The zero-order valence-electron chi connectivity index (χ0n) is 23.0. The second-order valence-corrected chi connectivity index (χ2v) is 8.76. The number of aliphatic carboxylic acids is 1. The number of ether oxygens (including phenoxy) is 1. The zero-order valence-corrected chi connectivity index (χ0v) is 23.0. The van der Waals surface area contributed by atoms with Gasteiger partial charge in [-0.1, -0.05) is 0 Å². The van der Waals surface area contributed by atoms with Gasteiger partial charge in [0.25, 0.3) is 17.7 Å². The standard InChI is InChI=1S/C24H27N7O5.C2HF3O2/c1-30-13-17(10-18(30)22(33)27-9-8-20(25)26)29-23(34)19-11-16(12-31(19)2)28-21(32)14-4-6-15(7-5-14)24(35)36-3;3-2(4,5)1(6)7/h4-7,10-13H,8-9H2,1-3H3,(H3,25,26)(H,27,33)(H,28,32)(H,29,34);(H,6,7). The molecule has 0 aliphatic rings. The minimum atomic E-state index is -5.08.